The van der Waals surface area contributed by atoms with E-state index in [9.17, 15) is 27.9 Å². The molecule has 3 heterocycles. The number of para-hydroxylation sites is 1. The number of thioether (sulfide) groups is 1. The molecule has 2 aliphatic rings. The Bertz CT molecular complexity index is 1720. The van der Waals surface area contributed by atoms with Crippen LogP contribution in [0.4, 0.5) is 18.9 Å². The number of carbonyl (C=O) groups is 2. The first kappa shape index (κ1) is 33.6. The molecular formula is C33H33F3N6O5S. The van der Waals surface area contributed by atoms with Gasteiger partial charge in [0.2, 0.25) is 11.1 Å². The van der Waals surface area contributed by atoms with Crippen molar-refractivity contribution >= 4 is 29.3 Å². The molecule has 0 aliphatic carbocycles. The van der Waals surface area contributed by atoms with E-state index in [4.69, 9.17) is 9.47 Å². The number of nitrogens with one attached hydrogen (secondary N) is 1. The van der Waals surface area contributed by atoms with Crippen molar-refractivity contribution in [2.45, 2.75) is 62.2 Å². The minimum Gasteiger partial charge on any atom is -0.392 e. The number of ether oxygens (including phenoxy) is 2. The second kappa shape index (κ2) is 14.4. The first-order chi connectivity index (χ1) is 23.1. The van der Waals surface area contributed by atoms with Gasteiger partial charge in [0.1, 0.15) is 6.04 Å². The first-order valence-corrected chi connectivity index (χ1v) is 16.4. The third-order valence-corrected chi connectivity index (χ3v) is 9.43. The Morgan fingerprint density at radius 3 is 2.52 bits per heavy atom. The van der Waals surface area contributed by atoms with Crippen LogP contribution in [0.25, 0.3) is 5.69 Å². The number of nitrogens with zero attached hydrogens (tertiary/aromatic N) is 5. The van der Waals surface area contributed by atoms with E-state index >= 15 is 0 Å². The summed E-state index contributed by atoms with van der Waals surface area (Å²) < 4.78 is 54.1. The molecule has 15 heteroatoms. The Balaban J connectivity index is 1.22. The van der Waals surface area contributed by atoms with E-state index in [-0.39, 0.29) is 31.6 Å². The standard InChI is InChI=1S/C33H33F3N6O5S/c1-20-27(19-48-32-38-39-40-42(32)25-9-3-2-4-10-25)46-30(47-28(20)22-14-12-21(18-43)13-15-22)23-7-5-8-24(17-23)37-29(44)26-11-6-16-41(26)31(45)33(34,35)36/h2-5,7-10,12-15,17,20,26-28,30,43H,6,11,16,18-19H2,1H3,(H,37,44)/t20-,26+,27+,28+,30+/m1/s1. The molecule has 0 spiro atoms. The molecule has 11 nitrogen and oxygen atoms in total. The Kier molecular flexibility index (Phi) is 10.1. The van der Waals surface area contributed by atoms with E-state index < -0.39 is 36.4 Å². The number of benzene rings is 3. The molecule has 2 fully saturated rings. The molecule has 2 saturated heterocycles. The van der Waals surface area contributed by atoms with Crippen molar-refractivity contribution in [2.75, 3.05) is 17.6 Å². The smallest absolute Gasteiger partial charge is 0.392 e. The van der Waals surface area contributed by atoms with Crippen LogP contribution in [0.3, 0.4) is 0 Å². The lowest BCUT2D eigenvalue weighted by Gasteiger charge is -2.41. The predicted octanol–water partition coefficient (Wildman–Crippen LogP) is 5.23. The van der Waals surface area contributed by atoms with Crippen LogP contribution in [0.5, 0.6) is 0 Å². The highest BCUT2D eigenvalue weighted by atomic mass is 32.2. The van der Waals surface area contributed by atoms with E-state index in [1.54, 1.807) is 28.9 Å². The van der Waals surface area contributed by atoms with E-state index in [0.717, 1.165) is 16.8 Å². The molecule has 4 aromatic rings. The lowest BCUT2D eigenvalue weighted by Crippen LogP contribution is -2.48. The summed E-state index contributed by atoms with van der Waals surface area (Å²) in [6.45, 7) is 1.79. The van der Waals surface area contributed by atoms with Crippen molar-refractivity contribution in [3.8, 4) is 5.69 Å². The zero-order valence-corrected chi connectivity index (χ0v) is 26.6. The molecule has 0 bridgehead atoms. The molecule has 252 valence electrons. The van der Waals surface area contributed by atoms with Crippen LogP contribution >= 0.6 is 11.8 Å². The minimum atomic E-state index is -5.06. The van der Waals surface area contributed by atoms with Crippen molar-refractivity contribution in [1.29, 1.82) is 0 Å². The van der Waals surface area contributed by atoms with Crippen LogP contribution in [0.1, 0.15) is 48.8 Å². The highest BCUT2D eigenvalue weighted by Gasteiger charge is 2.47. The molecule has 0 saturated carbocycles. The molecule has 48 heavy (non-hydrogen) atoms. The summed E-state index contributed by atoms with van der Waals surface area (Å²) in [5.74, 6) is -2.38. The van der Waals surface area contributed by atoms with E-state index in [0.29, 0.717) is 33.5 Å². The van der Waals surface area contributed by atoms with Crippen molar-refractivity contribution in [1.82, 2.24) is 25.1 Å². The molecule has 0 unspecified atom stereocenters. The number of halogens is 3. The van der Waals surface area contributed by atoms with Crippen LogP contribution in [0.2, 0.25) is 0 Å². The molecule has 5 atom stereocenters. The van der Waals surface area contributed by atoms with Crippen molar-refractivity contribution in [3.63, 3.8) is 0 Å². The van der Waals surface area contributed by atoms with Crippen molar-refractivity contribution in [2.24, 2.45) is 5.92 Å². The highest BCUT2D eigenvalue weighted by molar-refractivity contribution is 7.99. The Morgan fingerprint density at radius 2 is 1.79 bits per heavy atom. The zero-order chi connectivity index (χ0) is 33.8. The molecule has 2 N–H and O–H groups in total. The average molecular weight is 683 g/mol. The summed E-state index contributed by atoms with van der Waals surface area (Å²) in [7, 11) is 0. The number of carbonyl (C=O) groups excluding carboxylic acids is 2. The summed E-state index contributed by atoms with van der Waals surface area (Å²) >= 11 is 1.43. The number of amides is 2. The molecule has 0 radical (unpaired) electrons. The van der Waals surface area contributed by atoms with Gasteiger partial charge in [0, 0.05) is 29.5 Å². The number of aromatic nitrogens is 4. The summed E-state index contributed by atoms with van der Waals surface area (Å²) in [4.78, 5) is 25.6. The lowest BCUT2D eigenvalue weighted by molar-refractivity contribution is -0.268. The maximum atomic E-state index is 13.1. The van der Waals surface area contributed by atoms with Crippen molar-refractivity contribution < 1.29 is 37.3 Å². The fraction of sp³-hybridized carbons (Fsp3) is 0.364. The van der Waals surface area contributed by atoms with E-state index in [1.165, 1.54) is 11.8 Å². The van der Waals surface area contributed by atoms with Gasteiger partial charge in [-0.2, -0.15) is 17.9 Å². The van der Waals surface area contributed by atoms with E-state index in [2.05, 4.69) is 20.8 Å². The van der Waals surface area contributed by atoms with Crippen LogP contribution in [-0.2, 0) is 25.7 Å². The SMILES string of the molecule is C[C@@H]1[C@H](CSc2nnnn2-c2ccccc2)O[C@H](c2cccc(NC(=O)[C@@H]3CCCN3C(=O)C(F)(F)F)c2)O[C@@H]1c1ccc(CO)cc1. The molecule has 3 aromatic carbocycles. The second-order valence-electron chi connectivity index (χ2n) is 11.6. The van der Waals surface area contributed by atoms with Crippen molar-refractivity contribution in [3.05, 3.63) is 95.6 Å². The third kappa shape index (κ3) is 7.38. The summed E-state index contributed by atoms with van der Waals surface area (Å²) in [6, 6.07) is 22.5. The number of rotatable bonds is 9. The van der Waals surface area contributed by atoms with Gasteiger partial charge in [0.25, 0.3) is 0 Å². The monoisotopic (exact) mass is 682 g/mol. The van der Waals surface area contributed by atoms with Gasteiger partial charge in [-0.25, -0.2) is 0 Å². The molecule has 2 aliphatic heterocycles. The topological polar surface area (TPSA) is 132 Å². The third-order valence-electron chi connectivity index (χ3n) is 8.43. The summed E-state index contributed by atoms with van der Waals surface area (Å²) in [5.41, 5.74) is 3.36. The quantitative estimate of drug-likeness (QED) is 0.228. The minimum absolute atomic E-state index is 0.0933. The number of aliphatic hydroxyl groups excluding tert-OH is 1. The number of aliphatic hydroxyl groups is 1. The lowest BCUT2D eigenvalue weighted by atomic mass is 9.91. The summed E-state index contributed by atoms with van der Waals surface area (Å²) in [6.07, 6.45) is -6.27. The predicted molar refractivity (Wildman–Crippen MR) is 169 cm³/mol. The number of tetrazole rings is 1. The number of anilines is 1. The number of alkyl halides is 3. The number of hydrogen-bond donors (Lipinski definition) is 2. The second-order valence-corrected chi connectivity index (χ2v) is 12.6. The Morgan fingerprint density at radius 1 is 1.02 bits per heavy atom. The molecule has 1 aromatic heterocycles. The van der Waals surface area contributed by atoms with Gasteiger partial charge in [-0.15, -0.1) is 5.10 Å². The summed E-state index contributed by atoms with van der Waals surface area (Å²) in [5, 5.41) is 25.0. The molecule has 2 amide bonds. The number of likely N-dealkylation sites (tertiary alicyclic amines) is 1. The van der Waals surface area contributed by atoms with Crippen LogP contribution in [0, 0.1) is 5.92 Å². The zero-order valence-electron chi connectivity index (χ0n) is 25.8. The normalized spacial score (nSPS) is 22.9. The van der Waals surface area contributed by atoms with Gasteiger partial charge in [-0.05, 0) is 58.7 Å². The van der Waals surface area contributed by atoms with Crippen LogP contribution in [0.15, 0.2) is 84.0 Å². The largest absolute Gasteiger partial charge is 0.471 e. The fourth-order valence-electron chi connectivity index (χ4n) is 5.90. The van der Waals surface area contributed by atoms with Gasteiger partial charge < -0.3 is 24.8 Å². The van der Waals surface area contributed by atoms with E-state index in [1.807, 2.05) is 61.5 Å². The highest BCUT2D eigenvalue weighted by Crippen LogP contribution is 2.43. The number of hydrogen-bond acceptors (Lipinski definition) is 9. The Hall–Kier alpha value is -4.31. The first-order valence-electron chi connectivity index (χ1n) is 15.4. The average Bonchev–Trinajstić information content (AvgIpc) is 3.78. The maximum absolute atomic E-state index is 13.1. The van der Waals surface area contributed by atoms with Gasteiger partial charge in [0.05, 0.1) is 24.5 Å². The Labute approximate surface area is 278 Å². The van der Waals surface area contributed by atoms with Crippen LogP contribution < -0.4 is 5.32 Å². The van der Waals surface area contributed by atoms with Gasteiger partial charge in [-0.1, -0.05) is 73.3 Å². The molecule has 6 rings (SSSR count). The van der Waals surface area contributed by atoms with Crippen LogP contribution in [-0.4, -0.2) is 72.6 Å². The van der Waals surface area contributed by atoms with Gasteiger partial charge in [0.15, 0.2) is 6.29 Å². The van der Waals surface area contributed by atoms with Gasteiger partial charge in [-0.3, -0.25) is 9.59 Å². The molecular weight excluding hydrogens is 649 g/mol. The fourth-order valence-corrected chi connectivity index (χ4v) is 6.95. The maximum Gasteiger partial charge on any atom is 0.471 e. The van der Waals surface area contributed by atoms with Gasteiger partial charge >= 0.3 is 12.1 Å².